The second kappa shape index (κ2) is 5.95. The zero-order valence-electron chi connectivity index (χ0n) is 12.1. The molecule has 0 radical (unpaired) electrons. The molecular formula is C15H19N3O3. The summed E-state index contributed by atoms with van der Waals surface area (Å²) in [6, 6.07) is 5.90. The molecule has 0 saturated heterocycles. The summed E-state index contributed by atoms with van der Waals surface area (Å²) < 4.78 is 0. The fraction of sp³-hybridized carbons (Fsp3) is 0.400. The minimum Gasteiger partial charge on any atom is -0.481 e. The number of carbonyl (C=O) groups is 2. The van der Waals surface area contributed by atoms with Crippen LogP contribution in [0.1, 0.15) is 31.7 Å². The van der Waals surface area contributed by atoms with E-state index in [1.165, 1.54) is 0 Å². The molecule has 2 aromatic rings. The number of carbonyl (C=O) groups excluding carboxylic acids is 1. The Morgan fingerprint density at radius 2 is 2.24 bits per heavy atom. The molecule has 0 aliphatic heterocycles. The quantitative estimate of drug-likeness (QED) is 0.675. The van der Waals surface area contributed by atoms with E-state index in [0.29, 0.717) is 25.2 Å². The van der Waals surface area contributed by atoms with E-state index in [2.05, 4.69) is 15.3 Å². The van der Waals surface area contributed by atoms with E-state index < -0.39 is 5.97 Å². The fourth-order valence-corrected chi connectivity index (χ4v) is 2.22. The van der Waals surface area contributed by atoms with Crippen molar-refractivity contribution in [2.24, 2.45) is 0 Å². The smallest absolute Gasteiger partial charge is 0.303 e. The normalized spacial score (nSPS) is 11.5. The molecule has 6 nitrogen and oxygen atoms in total. The molecule has 0 spiro atoms. The Morgan fingerprint density at radius 3 is 2.90 bits per heavy atom. The van der Waals surface area contributed by atoms with Crippen LogP contribution in [-0.4, -0.2) is 34.0 Å². The summed E-state index contributed by atoms with van der Waals surface area (Å²) in [6.45, 7) is 4.63. The van der Waals surface area contributed by atoms with Crippen molar-refractivity contribution in [2.45, 2.75) is 32.1 Å². The Kier molecular flexibility index (Phi) is 4.26. The predicted molar refractivity (Wildman–Crippen MR) is 79.1 cm³/mol. The number of rotatable bonds is 7. The van der Waals surface area contributed by atoms with Gasteiger partial charge < -0.3 is 15.4 Å². The van der Waals surface area contributed by atoms with Gasteiger partial charge in [0.1, 0.15) is 5.82 Å². The number of aliphatic carboxylic acids is 1. The third kappa shape index (κ3) is 3.59. The van der Waals surface area contributed by atoms with Gasteiger partial charge in [-0.3, -0.25) is 9.59 Å². The van der Waals surface area contributed by atoms with E-state index in [0.717, 1.165) is 16.6 Å². The maximum Gasteiger partial charge on any atom is 0.303 e. The standard InChI is InChI=1S/C15H19N3O3/c1-15(2,8-16-9-19)10-3-4-11-12(7-10)18-13(17-11)5-6-14(20)21/h3-4,7,9H,5-6,8H2,1-2H3,(H,16,19)(H,17,18)(H,20,21). The number of amides is 1. The second-order valence-corrected chi connectivity index (χ2v) is 5.69. The lowest BCUT2D eigenvalue weighted by Crippen LogP contribution is -2.32. The fourth-order valence-electron chi connectivity index (χ4n) is 2.22. The number of carboxylic acids is 1. The van der Waals surface area contributed by atoms with E-state index in [4.69, 9.17) is 5.11 Å². The molecule has 21 heavy (non-hydrogen) atoms. The molecule has 0 saturated carbocycles. The maximum atomic E-state index is 10.6. The number of nitrogens with one attached hydrogen (secondary N) is 2. The van der Waals surface area contributed by atoms with Gasteiger partial charge in [-0.2, -0.15) is 0 Å². The van der Waals surface area contributed by atoms with E-state index >= 15 is 0 Å². The van der Waals surface area contributed by atoms with Gasteiger partial charge in [0.25, 0.3) is 0 Å². The van der Waals surface area contributed by atoms with Crippen LogP contribution in [0.5, 0.6) is 0 Å². The molecule has 3 N–H and O–H groups in total. The summed E-state index contributed by atoms with van der Waals surface area (Å²) in [5.74, 6) is -0.161. The Labute approximate surface area is 122 Å². The number of benzene rings is 1. The van der Waals surface area contributed by atoms with Crippen LogP contribution < -0.4 is 5.32 Å². The van der Waals surface area contributed by atoms with Gasteiger partial charge in [0.15, 0.2) is 0 Å². The lowest BCUT2D eigenvalue weighted by atomic mass is 9.84. The van der Waals surface area contributed by atoms with Gasteiger partial charge in [-0.15, -0.1) is 0 Å². The van der Waals surface area contributed by atoms with Gasteiger partial charge in [0, 0.05) is 18.4 Å². The number of hydrogen-bond acceptors (Lipinski definition) is 3. The van der Waals surface area contributed by atoms with Crippen molar-refractivity contribution in [3.05, 3.63) is 29.6 Å². The maximum absolute atomic E-state index is 10.6. The molecule has 0 aliphatic carbocycles. The van der Waals surface area contributed by atoms with Crippen molar-refractivity contribution in [1.82, 2.24) is 15.3 Å². The highest BCUT2D eigenvalue weighted by Crippen LogP contribution is 2.25. The summed E-state index contributed by atoms with van der Waals surface area (Å²) in [4.78, 5) is 28.6. The third-order valence-electron chi connectivity index (χ3n) is 3.52. The topological polar surface area (TPSA) is 95.1 Å². The number of aromatic amines is 1. The van der Waals surface area contributed by atoms with Crippen molar-refractivity contribution < 1.29 is 14.7 Å². The number of fused-ring (bicyclic) bond motifs is 1. The molecule has 1 amide bonds. The highest BCUT2D eigenvalue weighted by atomic mass is 16.4. The molecular weight excluding hydrogens is 270 g/mol. The van der Waals surface area contributed by atoms with E-state index in [1.807, 2.05) is 32.0 Å². The zero-order valence-corrected chi connectivity index (χ0v) is 12.1. The first kappa shape index (κ1) is 15.0. The molecule has 0 bridgehead atoms. The number of hydrogen-bond donors (Lipinski definition) is 3. The van der Waals surface area contributed by atoms with E-state index in [9.17, 15) is 9.59 Å². The van der Waals surface area contributed by atoms with E-state index in [-0.39, 0.29) is 11.8 Å². The number of carboxylic acid groups (broad SMARTS) is 1. The van der Waals surface area contributed by atoms with Gasteiger partial charge >= 0.3 is 5.97 Å². The van der Waals surface area contributed by atoms with Crippen LogP contribution in [0.25, 0.3) is 11.0 Å². The Balaban J connectivity index is 2.24. The van der Waals surface area contributed by atoms with Gasteiger partial charge in [-0.05, 0) is 17.7 Å². The van der Waals surface area contributed by atoms with Crippen LogP contribution >= 0.6 is 0 Å². The summed E-state index contributed by atoms with van der Waals surface area (Å²) in [6.07, 6.45) is 1.13. The summed E-state index contributed by atoms with van der Waals surface area (Å²) in [7, 11) is 0. The first-order valence-electron chi connectivity index (χ1n) is 6.80. The number of H-pyrrole nitrogens is 1. The molecule has 1 heterocycles. The molecule has 0 fully saturated rings. The van der Waals surface area contributed by atoms with Crippen molar-refractivity contribution in [2.75, 3.05) is 6.54 Å². The van der Waals surface area contributed by atoms with Gasteiger partial charge in [0.05, 0.1) is 17.5 Å². The van der Waals surface area contributed by atoms with Gasteiger partial charge in [0.2, 0.25) is 6.41 Å². The minimum absolute atomic E-state index is 0.0570. The van der Waals surface area contributed by atoms with Crippen molar-refractivity contribution >= 4 is 23.4 Å². The van der Waals surface area contributed by atoms with Crippen LogP contribution in [0.4, 0.5) is 0 Å². The average molecular weight is 289 g/mol. The number of imidazole rings is 1. The van der Waals surface area contributed by atoms with Crippen LogP contribution in [0.3, 0.4) is 0 Å². The second-order valence-electron chi connectivity index (χ2n) is 5.69. The lowest BCUT2D eigenvalue weighted by molar-refractivity contribution is -0.137. The molecule has 6 heteroatoms. The summed E-state index contributed by atoms with van der Waals surface area (Å²) in [5.41, 5.74) is 2.57. The number of nitrogens with zero attached hydrogens (tertiary/aromatic N) is 1. The number of aromatic nitrogens is 2. The third-order valence-corrected chi connectivity index (χ3v) is 3.52. The highest BCUT2D eigenvalue weighted by Gasteiger charge is 2.21. The highest BCUT2D eigenvalue weighted by molar-refractivity contribution is 5.76. The Morgan fingerprint density at radius 1 is 1.48 bits per heavy atom. The Bertz CT molecular complexity index is 661. The average Bonchev–Trinajstić information content (AvgIpc) is 2.84. The molecule has 0 atom stereocenters. The molecule has 1 aromatic carbocycles. The molecule has 2 rings (SSSR count). The summed E-state index contributed by atoms with van der Waals surface area (Å²) >= 11 is 0. The van der Waals surface area contributed by atoms with Crippen LogP contribution in [-0.2, 0) is 21.4 Å². The van der Waals surface area contributed by atoms with Gasteiger partial charge in [-0.1, -0.05) is 19.9 Å². The van der Waals surface area contributed by atoms with Gasteiger partial charge in [-0.25, -0.2) is 4.98 Å². The van der Waals surface area contributed by atoms with Crippen LogP contribution in [0, 0.1) is 0 Å². The van der Waals surface area contributed by atoms with Crippen LogP contribution in [0.2, 0.25) is 0 Å². The van der Waals surface area contributed by atoms with Crippen LogP contribution in [0.15, 0.2) is 18.2 Å². The van der Waals surface area contributed by atoms with Crippen molar-refractivity contribution in [1.29, 1.82) is 0 Å². The largest absolute Gasteiger partial charge is 0.481 e. The SMILES string of the molecule is CC(C)(CNC=O)c1ccc2[nH]c(CCC(=O)O)nc2c1. The minimum atomic E-state index is -0.836. The van der Waals surface area contributed by atoms with Crippen molar-refractivity contribution in [3.8, 4) is 0 Å². The molecule has 1 aromatic heterocycles. The number of aryl methyl sites for hydroxylation is 1. The Hall–Kier alpha value is -2.37. The molecule has 112 valence electrons. The predicted octanol–water partition coefficient (Wildman–Crippen LogP) is 1.60. The first-order chi connectivity index (χ1) is 9.92. The zero-order chi connectivity index (χ0) is 15.5. The molecule has 0 aliphatic rings. The summed E-state index contributed by atoms with van der Waals surface area (Å²) in [5, 5.41) is 11.4. The monoisotopic (exact) mass is 289 g/mol. The van der Waals surface area contributed by atoms with E-state index in [1.54, 1.807) is 0 Å². The van der Waals surface area contributed by atoms with Crippen molar-refractivity contribution in [3.63, 3.8) is 0 Å². The molecule has 0 unspecified atom stereocenters. The first-order valence-corrected chi connectivity index (χ1v) is 6.80. The lowest BCUT2D eigenvalue weighted by Gasteiger charge is -2.24.